The predicted molar refractivity (Wildman–Crippen MR) is 112 cm³/mol. The molecule has 0 bridgehead atoms. The molecule has 162 valence electrons. The molecular formula is C21H30N6O3. The molecule has 9 nitrogen and oxygen atoms in total. The Morgan fingerprint density at radius 1 is 1.17 bits per heavy atom. The van der Waals surface area contributed by atoms with Crippen LogP contribution in [0.4, 0.5) is 16.4 Å². The molecule has 0 aromatic carbocycles. The van der Waals surface area contributed by atoms with E-state index in [1.807, 2.05) is 26.8 Å². The van der Waals surface area contributed by atoms with E-state index in [1.165, 1.54) is 25.0 Å². The smallest absolute Gasteiger partial charge is 0.410 e. The number of nitrogens with one attached hydrogen (secondary N) is 2. The molecule has 1 aliphatic heterocycles. The molecule has 2 aromatic heterocycles. The summed E-state index contributed by atoms with van der Waals surface area (Å²) in [6.45, 7) is 6.82. The van der Waals surface area contributed by atoms with Gasteiger partial charge < -0.3 is 19.7 Å². The van der Waals surface area contributed by atoms with Gasteiger partial charge in [-0.05, 0) is 33.6 Å². The largest absolute Gasteiger partial charge is 0.473 e. The molecule has 3 heterocycles. The van der Waals surface area contributed by atoms with Crippen LogP contribution in [0.1, 0.15) is 64.5 Å². The number of rotatable bonds is 5. The van der Waals surface area contributed by atoms with Crippen LogP contribution in [0.15, 0.2) is 18.5 Å². The summed E-state index contributed by atoms with van der Waals surface area (Å²) in [6, 6.07) is 2.03. The molecule has 9 heteroatoms. The lowest BCUT2D eigenvalue weighted by atomic mass is 9.83. The van der Waals surface area contributed by atoms with Crippen LogP contribution in [-0.4, -0.2) is 56.0 Å². The standard InChI is InChI=1S/C21H30N6O3/c1-21(2,3)30-20(28)27-9-7-15(8-10-27)29-19-13-22-12-18(24-19)23-17-11-16(25-26-17)14-5-4-6-14/h11-15H,4-10H2,1-3H3,(H2,23,24,25,26). The Kier molecular flexibility index (Phi) is 5.78. The second-order valence-corrected chi connectivity index (χ2v) is 8.99. The van der Waals surface area contributed by atoms with Crippen molar-refractivity contribution in [3.63, 3.8) is 0 Å². The average Bonchev–Trinajstić information content (AvgIpc) is 3.07. The molecule has 1 amide bonds. The SMILES string of the molecule is CC(C)(C)OC(=O)N1CCC(Oc2cncc(Nc3cc(C4CCC4)[nH]n3)n2)CC1. The van der Waals surface area contributed by atoms with Gasteiger partial charge in [0.15, 0.2) is 11.6 Å². The molecule has 1 saturated heterocycles. The minimum Gasteiger partial charge on any atom is -0.473 e. The number of carbonyl (C=O) groups is 1. The van der Waals surface area contributed by atoms with Crippen LogP contribution in [0.5, 0.6) is 5.88 Å². The number of amides is 1. The summed E-state index contributed by atoms with van der Waals surface area (Å²) in [5.74, 6) is 2.38. The van der Waals surface area contributed by atoms with Gasteiger partial charge in [-0.2, -0.15) is 10.1 Å². The lowest BCUT2D eigenvalue weighted by Crippen LogP contribution is -2.44. The summed E-state index contributed by atoms with van der Waals surface area (Å²) in [5.41, 5.74) is 0.682. The fraction of sp³-hybridized carbons (Fsp3) is 0.619. The quantitative estimate of drug-likeness (QED) is 0.762. The number of aromatic amines is 1. The van der Waals surface area contributed by atoms with Gasteiger partial charge in [0.25, 0.3) is 0 Å². The van der Waals surface area contributed by atoms with Crippen LogP contribution in [0.2, 0.25) is 0 Å². The Balaban J connectivity index is 1.28. The topological polar surface area (TPSA) is 105 Å². The highest BCUT2D eigenvalue weighted by Crippen LogP contribution is 2.36. The number of nitrogens with zero attached hydrogens (tertiary/aromatic N) is 4. The van der Waals surface area contributed by atoms with Crippen LogP contribution < -0.4 is 10.1 Å². The van der Waals surface area contributed by atoms with Crippen molar-refractivity contribution in [2.45, 2.75) is 70.5 Å². The molecule has 2 N–H and O–H groups in total. The maximum Gasteiger partial charge on any atom is 0.410 e. The number of carbonyl (C=O) groups excluding carboxylic acids is 1. The molecule has 2 fully saturated rings. The number of likely N-dealkylation sites (tertiary alicyclic amines) is 1. The maximum absolute atomic E-state index is 12.2. The molecule has 4 rings (SSSR count). The second-order valence-electron chi connectivity index (χ2n) is 8.99. The van der Waals surface area contributed by atoms with Crippen LogP contribution in [0.3, 0.4) is 0 Å². The third-order valence-electron chi connectivity index (χ3n) is 5.39. The molecule has 2 aliphatic rings. The minimum atomic E-state index is -0.486. The summed E-state index contributed by atoms with van der Waals surface area (Å²) in [7, 11) is 0. The number of piperidine rings is 1. The van der Waals surface area contributed by atoms with Crippen molar-refractivity contribution in [1.29, 1.82) is 0 Å². The van der Waals surface area contributed by atoms with Crippen molar-refractivity contribution in [2.75, 3.05) is 18.4 Å². The lowest BCUT2D eigenvalue weighted by molar-refractivity contribution is 0.0123. The van der Waals surface area contributed by atoms with Crippen LogP contribution in [0.25, 0.3) is 0 Å². The third kappa shape index (κ3) is 5.20. The lowest BCUT2D eigenvalue weighted by Gasteiger charge is -2.33. The zero-order chi connectivity index (χ0) is 21.1. The highest BCUT2D eigenvalue weighted by Gasteiger charge is 2.28. The van der Waals surface area contributed by atoms with Gasteiger partial charge in [0, 0.05) is 43.6 Å². The van der Waals surface area contributed by atoms with Crippen molar-refractivity contribution in [3.05, 3.63) is 24.2 Å². The van der Waals surface area contributed by atoms with E-state index in [0.29, 0.717) is 30.7 Å². The van der Waals surface area contributed by atoms with E-state index in [2.05, 4.69) is 25.5 Å². The molecule has 0 radical (unpaired) electrons. The Bertz CT molecular complexity index is 866. The van der Waals surface area contributed by atoms with E-state index in [1.54, 1.807) is 17.3 Å². The van der Waals surface area contributed by atoms with Crippen LogP contribution >= 0.6 is 0 Å². The van der Waals surface area contributed by atoms with Crippen molar-refractivity contribution in [2.24, 2.45) is 0 Å². The first-order valence-electron chi connectivity index (χ1n) is 10.6. The third-order valence-corrected chi connectivity index (χ3v) is 5.39. The summed E-state index contributed by atoms with van der Waals surface area (Å²) < 4.78 is 11.4. The second kappa shape index (κ2) is 8.49. The molecule has 0 unspecified atom stereocenters. The summed E-state index contributed by atoms with van der Waals surface area (Å²) in [6.07, 6.45) is 8.15. The minimum absolute atomic E-state index is 0.0103. The Morgan fingerprint density at radius 3 is 2.60 bits per heavy atom. The van der Waals surface area contributed by atoms with Gasteiger partial charge in [-0.25, -0.2) is 4.79 Å². The highest BCUT2D eigenvalue weighted by atomic mass is 16.6. The normalized spacial score (nSPS) is 18.0. The van der Waals surface area contributed by atoms with Gasteiger partial charge in [0.05, 0.1) is 12.4 Å². The van der Waals surface area contributed by atoms with Crippen molar-refractivity contribution < 1.29 is 14.3 Å². The Morgan fingerprint density at radius 2 is 1.93 bits per heavy atom. The summed E-state index contributed by atoms with van der Waals surface area (Å²) in [4.78, 5) is 22.6. The Labute approximate surface area is 176 Å². The molecule has 1 aliphatic carbocycles. The highest BCUT2D eigenvalue weighted by molar-refractivity contribution is 5.68. The van der Waals surface area contributed by atoms with E-state index < -0.39 is 5.60 Å². The number of anilines is 2. The van der Waals surface area contributed by atoms with Gasteiger partial charge >= 0.3 is 6.09 Å². The number of hydrogen-bond acceptors (Lipinski definition) is 7. The van der Waals surface area contributed by atoms with Crippen molar-refractivity contribution in [1.82, 2.24) is 25.1 Å². The van der Waals surface area contributed by atoms with Gasteiger partial charge in [0.1, 0.15) is 11.7 Å². The van der Waals surface area contributed by atoms with Gasteiger partial charge in [-0.15, -0.1) is 0 Å². The van der Waals surface area contributed by atoms with Gasteiger partial charge in [-0.1, -0.05) is 6.42 Å². The Hall–Kier alpha value is -2.84. The molecule has 1 saturated carbocycles. The van der Waals surface area contributed by atoms with E-state index in [4.69, 9.17) is 9.47 Å². The number of hydrogen-bond donors (Lipinski definition) is 2. The van der Waals surface area contributed by atoms with Crippen LogP contribution in [-0.2, 0) is 4.74 Å². The predicted octanol–water partition coefficient (Wildman–Crippen LogP) is 3.99. The zero-order valence-corrected chi connectivity index (χ0v) is 17.9. The van der Waals surface area contributed by atoms with Crippen molar-refractivity contribution >= 4 is 17.7 Å². The number of aromatic nitrogens is 4. The maximum atomic E-state index is 12.2. The first kappa shape index (κ1) is 20.4. The van der Waals surface area contributed by atoms with E-state index in [-0.39, 0.29) is 12.2 Å². The monoisotopic (exact) mass is 414 g/mol. The van der Waals surface area contributed by atoms with Crippen LogP contribution in [0, 0.1) is 0 Å². The number of ether oxygens (including phenoxy) is 2. The molecule has 0 atom stereocenters. The zero-order valence-electron chi connectivity index (χ0n) is 17.9. The van der Waals surface area contributed by atoms with E-state index >= 15 is 0 Å². The van der Waals surface area contributed by atoms with Gasteiger partial charge in [0.2, 0.25) is 5.88 Å². The first-order chi connectivity index (χ1) is 14.4. The molecule has 30 heavy (non-hydrogen) atoms. The van der Waals surface area contributed by atoms with E-state index in [0.717, 1.165) is 18.7 Å². The fourth-order valence-corrected chi connectivity index (χ4v) is 3.58. The van der Waals surface area contributed by atoms with Gasteiger partial charge in [-0.3, -0.25) is 10.1 Å². The average molecular weight is 415 g/mol. The van der Waals surface area contributed by atoms with E-state index in [9.17, 15) is 4.79 Å². The fourth-order valence-electron chi connectivity index (χ4n) is 3.58. The molecular weight excluding hydrogens is 384 g/mol. The molecule has 0 spiro atoms. The first-order valence-corrected chi connectivity index (χ1v) is 10.6. The van der Waals surface area contributed by atoms with Crippen molar-refractivity contribution in [3.8, 4) is 5.88 Å². The number of H-pyrrole nitrogens is 1. The summed E-state index contributed by atoms with van der Waals surface area (Å²) in [5, 5.41) is 10.6. The summed E-state index contributed by atoms with van der Waals surface area (Å²) >= 11 is 0. The molecule has 2 aromatic rings.